The van der Waals surface area contributed by atoms with Crippen LogP contribution in [0.1, 0.15) is 19.8 Å². The van der Waals surface area contributed by atoms with Crippen molar-refractivity contribution in [3.8, 4) is 0 Å². The van der Waals surface area contributed by atoms with Crippen LogP contribution in [0.2, 0.25) is 0 Å². The van der Waals surface area contributed by atoms with E-state index in [-0.39, 0.29) is 12.4 Å². The molecular weight excluding hydrogens is 344 g/mol. The predicted molar refractivity (Wildman–Crippen MR) is 103 cm³/mol. The minimum absolute atomic E-state index is 0. The van der Waals surface area contributed by atoms with Gasteiger partial charge in [-0.3, -0.25) is 0 Å². The van der Waals surface area contributed by atoms with Crippen LogP contribution in [0.15, 0.2) is 0 Å². The number of aliphatic hydroxyl groups excluding tert-OH is 1. The highest BCUT2D eigenvalue weighted by Crippen LogP contribution is 2.30. The first-order valence-electron chi connectivity index (χ1n) is 8.21. The Bertz CT molecular complexity index is 669. The Morgan fingerprint density at radius 1 is 0.960 bits per heavy atom. The summed E-state index contributed by atoms with van der Waals surface area (Å²) in [6.07, 6.45) is 2.04. The topological polar surface area (TPSA) is 120 Å². The molecule has 0 radical (unpaired) electrons. The number of nitrogens with one attached hydrogen (secondary N) is 4. The van der Waals surface area contributed by atoms with Gasteiger partial charge in [-0.1, -0.05) is 0 Å². The molecule has 0 aliphatic heterocycles. The van der Waals surface area contributed by atoms with Gasteiger partial charge in [0.25, 0.3) is 0 Å². The zero-order valence-electron chi connectivity index (χ0n) is 14.6. The van der Waals surface area contributed by atoms with Crippen molar-refractivity contribution in [2.45, 2.75) is 25.9 Å². The van der Waals surface area contributed by atoms with E-state index in [4.69, 9.17) is 0 Å². The van der Waals surface area contributed by atoms with Crippen molar-refractivity contribution in [2.24, 2.45) is 5.92 Å². The Balaban J connectivity index is 0.00000225. The van der Waals surface area contributed by atoms with Crippen LogP contribution in [0.4, 0.5) is 23.5 Å². The minimum Gasteiger partial charge on any atom is -0.392 e. The number of aliphatic hydroxyl groups is 1. The first kappa shape index (κ1) is 19.2. The van der Waals surface area contributed by atoms with Crippen LogP contribution < -0.4 is 21.3 Å². The lowest BCUT2D eigenvalue weighted by molar-refractivity contribution is 0.208. The van der Waals surface area contributed by atoms with Gasteiger partial charge in [-0.05, 0) is 25.7 Å². The van der Waals surface area contributed by atoms with Gasteiger partial charge in [0.05, 0.1) is 6.10 Å². The summed E-state index contributed by atoms with van der Waals surface area (Å²) in [5.74, 6) is 2.98. The van der Waals surface area contributed by atoms with E-state index in [1.807, 2.05) is 0 Å². The second-order valence-corrected chi connectivity index (χ2v) is 6.04. The zero-order valence-corrected chi connectivity index (χ0v) is 15.4. The number of halogens is 1. The molecule has 0 saturated heterocycles. The van der Waals surface area contributed by atoms with Crippen LogP contribution in [-0.2, 0) is 0 Å². The predicted octanol–water partition coefficient (Wildman–Crippen LogP) is 1.54. The van der Waals surface area contributed by atoms with Crippen molar-refractivity contribution in [3.05, 3.63) is 0 Å². The number of rotatable bonds is 8. The maximum Gasteiger partial charge on any atom is 0.225 e. The van der Waals surface area contributed by atoms with E-state index in [2.05, 4.69) is 41.2 Å². The molecular formula is C15H25ClN8O. The Morgan fingerprint density at radius 3 is 1.92 bits per heavy atom. The summed E-state index contributed by atoms with van der Waals surface area (Å²) < 4.78 is 0. The van der Waals surface area contributed by atoms with Gasteiger partial charge in [0.1, 0.15) is 11.0 Å². The van der Waals surface area contributed by atoms with Gasteiger partial charge in [0, 0.05) is 27.2 Å². The van der Waals surface area contributed by atoms with Gasteiger partial charge in [0.15, 0.2) is 11.6 Å². The van der Waals surface area contributed by atoms with E-state index in [0.29, 0.717) is 41.1 Å². The van der Waals surface area contributed by atoms with Crippen molar-refractivity contribution in [2.75, 3.05) is 48.5 Å². The summed E-state index contributed by atoms with van der Waals surface area (Å²) in [6.45, 7) is 2.96. The molecule has 1 fully saturated rings. The standard InChI is InChI=1S/C15H24N8O.ClH/c1-8(24)6-18-14-20-10-11(12(16-2)22-14)21-15(23-13(10)17-3)19-7-9-4-5-9;/h8-9,24H,4-7H2,1-3H3,(H2,16,18,20,22)(H2,17,19,21,23);1H/t8-;/m0./s1. The number of nitrogens with zero attached hydrogens (tertiary/aromatic N) is 4. The van der Waals surface area contributed by atoms with Crippen LogP contribution in [0.25, 0.3) is 11.0 Å². The van der Waals surface area contributed by atoms with Crippen molar-refractivity contribution in [1.82, 2.24) is 19.9 Å². The summed E-state index contributed by atoms with van der Waals surface area (Å²) in [5, 5.41) is 21.8. The molecule has 0 aromatic carbocycles. The van der Waals surface area contributed by atoms with Gasteiger partial charge in [0.2, 0.25) is 11.9 Å². The molecule has 1 atom stereocenters. The third-order valence-corrected chi connectivity index (χ3v) is 3.82. The lowest BCUT2D eigenvalue weighted by Gasteiger charge is -2.13. The van der Waals surface area contributed by atoms with Gasteiger partial charge >= 0.3 is 0 Å². The van der Waals surface area contributed by atoms with Crippen molar-refractivity contribution in [3.63, 3.8) is 0 Å². The number of aromatic nitrogens is 4. The first-order chi connectivity index (χ1) is 11.6. The van der Waals surface area contributed by atoms with Crippen molar-refractivity contribution >= 4 is 47.0 Å². The van der Waals surface area contributed by atoms with E-state index in [1.54, 1.807) is 21.0 Å². The second-order valence-electron chi connectivity index (χ2n) is 6.04. The molecule has 2 heterocycles. The fourth-order valence-corrected chi connectivity index (χ4v) is 2.32. The van der Waals surface area contributed by atoms with E-state index >= 15 is 0 Å². The summed E-state index contributed by atoms with van der Waals surface area (Å²) in [5.41, 5.74) is 1.28. The molecule has 0 spiro atoms. The fourth-order valence-electron chi connectivity index (χ4n) is 2.32. The van der Waals surface area contributed by atoms with Crippen LogP contribution in [0.5, 0.6) is 0 Å². The van der Waals surface area contributed by atoms with Gasteiger partial charge in [-0.25, -0.2) is 9.97 Å². The molecule has 1 aliphatic rings. The minimum atomic E-state index is -0.489. The van der Waals surface area contributed by atoms with Crippen LogP contribution >= 0.6 is 12.4 Å². The van der Waals surface area contributed by atoms with Crippen molar-refractivity contribution < 1.29 is 5.11 Å². The highest BCUT2D eigenvalue weighted by molar-refractivity contribution is 5.94. The largest absolute Gasteiger partial charge is 0.392 e. The molecule has 1 aliphatic carbocycles. The van der Waals surface area contributed by atoms with Crippen LogP contribution in [0, 0.1) is 5.92 Å². The molecule has 0 bridgehead atoms. The summed E-state index contributed by atoms with van der Waals surface area (Å²) >= 11 is 0. The lowest BCUT2D eigenvalue weighted by Crippen LogP contribution is -2.18. The van der Waals surface area contributed by atoms with Crippen molar-refractivity contribution in [1.29, 1.82) is 0 Å². The molecule has 10 heteroatoms. The molecule has 2 aromatic heterocycles. The van der Waals surface area contributed by atoms with Gasteiger partial charge < -0.3 is 26.4 Å². The zero-order chi connectivity index (χ0) is 17.1. The Labute approximate surface area is 152 Å². The quantitative estimate of drug-likeness (QED) is 0.472. The van der Waals surface area contributed by atoms with E-state index in [0.717, 1.165) is 12.5 Å². The fraction of sp³-hybridized carbons (Fsp3) is 0.600. The third kappa shape index (κ3) is 4.70. The number of hydrogen-bond acceptors (Lipinski definition) is 9. The summed E-state index contributed by atoms with van der Waals surface area (Å²) in [6, 6.07) is 0. The highest BCUT2D eigenvalue weighted by atomic mass is 35.5. The molecule has 25 heavy (non-hydrogen) atoms. The molecule has 0 amide bonds. The number of fused-ring (bicyclic) bond motifs is 1. The van der Waals surface area contributed by atoms with E-state index < -0.39 is 6.10 Å². The first-order valence-corrected chi connectivity index (χ1v) is 8.21. The maximum absolute atomic E-state index is 9.42. The smallest absolute Gasteiger partial charge is 0.225 e. The SMILES string of the molecule is CNc1nc(NC[C@H](C)O)nc2c(NC)nc(NCC3CC3)nc12.Cl. The molecule has 5 N–H and O–H groups in total. The molecule has 3 rings (SSSR count). The van der Waals surface area contributed by atoms with Crippen LogP contribution in [-0.4, -0.2) is 58.3 Å². The summed E-state index contributed by atoms with van der Waals surface area (Å²) in [7, 11) is 3.59. The maximum atomic E-state index is 9.42. The highest BCUT2D eigenvalue weighted by Gasteiger charge is 2.22. The van der Waals surface area contributed by atoms with E-state index in [1.165, 1.54) is 12.8 Å². The Morgan fingerprint density at radius 2 is 1.48 bits per heavy atom. The average molecular weight is 369 g/mol. The molecule has 2 aromatic rings. The van der Waals surface area contributed by atoms with E-state index in [9.17, 15) is 5.11 Å². The van der Waals surface area contributed by atoms with Gasteiger partial charge in [-0.15, -0.1) is 12.4 Å². The van der Waals surface area contributed by atoms with Gasteiger partial charge in [-0.2, -0.15) is 9.97 Å². The molecule has 9 nitrogen and oxygen atoms in total. The summed E-state index contributed by atoms with van der Waals surface area (Å²) in [4.78, 5) is 18.0. The average Bonchev–Trinajstić information content (AvgIpc) is 3.41. The molecule has 1 saturated carbocycles. The second kappa shape index (κ2) is 8.30. The lowest BCUT2D eigenvalue weighted by atomic mass is 10.3. The Kier molecular flexibility index (Phi) is 6.38. The number of anilines is 4. The monoisotopic (exact) mass is 368 g/mol. The normalized spacial score (nSPS) is 14.6. The Hall–Kier alpha value is -2.13. The molecule has 0 unspecified atom stereocenters. The molecule has 138 valence electrons. The third-order valence-electron chi connectivity index (χ3n) is 3.82. The van der Waals surface area contributed by atoms with Crippen LogP contribution in [0.3, 0.4) is 0 Å². The number of hydrogen-bond donors (Lipinski definition) is 5.